The average molecular weight is 569 g/mol. The molecule has 0 aliphatic carbocycles. The summed E-state index contributed by atoms with van der Waals surface area (Å²) < 4.78 is 0. The molecule has 2 N–H and O–H groups in total. The summed E-state index contributed by atoms with van der Waals surface area (Å²) in [7, 11) is 0. The van der Waals surface area contributed by atoms with Crippen LogP contribution in [0.15, 0.2) is 42.5 Å². The van der Waals surface area contributed by atoms with Gasteiger partial charge in [0.2, 0.25) is 23.8 Å². The van der Waals surface area contributed by atoms with Crippen molar-refractivity contribution in [1.82, 2.24) is 15.0 Å². The molecule has 2 fully saturated rings. The lowest BCUT2D eigenvalue weighted by atomic mass is 10.1. The van der Waals surface area contributed by atoms with E-state index < -0.39 is 5.91 Å². The molecule has 0 saturated carbocycles. The van der Waals surface area contributed by atoms with E-state index in [9.17, 15) is 9.59 Å². The number of Topliss-reactive ketones (excluding diaryl/α,β-unsaturated/α-hetero) is 1. The molecule has 204 valence electrons. The Hall–Kier alpha value is -3.43. The van der Waals surface area contributed by atoms with E-state index in [0.29, 0.717) is 39.1 Å². The number of amides is 1. The fourth-order valence-corrected chi connectivity index (χ4v) is 5.07. The molecule has 2 saturated heterocycles. The third kappa shape index (κ3) is 7.16. The minimum Gasteiger partial charge on any atom is -0.341 e. The van der Waals surface area contributed by atoms with E-state index in [1.54, 1.807) is 42.5 Å². The number of nitrogens with one attached hydrogen (secondary N) is 2. The number of nitrogens with zero attached hydrogens (tertiary/aromatic N) is 5. The summed E-state index contributed by atoms with van der Waals surface area (Å²) >= 11 is 11.9. The van der Waals surface area contributed by atoms with Crippen molar-refractivity contribution in [3.63, 3.8) is 0 Å². The van der Waals surface area contributed by atoms with Gasteiger partial charge in [0.1, 0.15) is 0 Å². The monoisotopic (exact) mass is 567 g/mol. The van der Waals surface area contributed by atoms with E-state index in [-0.39, 0.29) is 12.2 Å². The van der Waals surface area contributed by atoms with Gasteiger partial charge in [-0.3, -0.25) is 9.59 Å². The maximum atomic E-state index is 12.7. The Morgan fingerprint density at radius 1 is 0.718 bits per heavy atom. The third-order valence-electron chi connectivity index (χ3n) is 6.88. The van der Waals surface area contributed by atoms with E-state index in [0.717, 1.165) is 57.5 Å². The van der Waals surface area contributed by atoms with Crippen molar-refractivity contribution in [1.29, 1.82) is 0 Å². The number of piperidine rings is 2. The summed E-state index contributed by atoms with van der Waals surface area (Å²) in [5.74, 6) is 1.16. The first-order valence-electron chi connectivity index (χ1n) is 13.4. The highest BCUT2D eigenvalue weighted by atomic mass is 35.5. The molecule has 3 heterocycles. The Kier molecular flexibility index (Phi) is 8.78. The average Bonchev–Trinajstić information content (AvgIpc) is 2.96. The molecule has 5 rings (SSSR count). The summed E-state index contributed by atoms with van der Waals surface area (Å²) in [6.45, 7) is 3.77. The van der Waals surface area contributed by atoms with Gasteiger partial charge in [-0.15, -0.1) is 0 Å². The van der Waals surface area contributed by atoms with Gasteiger partial charge in [-0.1, -0.05) is 23.2 Å². The molecule has 2 aromatic carbocycles. The number of halogens is 2. The third-order valence-corrected chi connectivity index (χ3v) is 7.62. The lowest BCUT2D eigenvalue weighted by Crippen LogP contribution is -2.34. The summed E-state index contributed by atoms with van der Waals surface area (Å²) in [6, 6.07) is 11.7. The van der Waals surface area contributed by atoms with Crippen LogP contribution in [-0.2, 0) is 4.79 Å². The lowest BCUT2D eigenvalue weighted by Gasteiger charge is -2.30. The molecular formula is C28H31Cl2N7O2. The highest BCUT2D eigenvalue weighted by molar-refractivity contribution is 6.42. The molecule has 0 atom stereocenters. The molecule has 2 aliphatic heterocycles. The fraction of sp³-hybridized carbons (Fsp3) is 0.393. The molecule has 0 unspecified atom stereocenters. The van der Waals surface area contributed by atoms with E-state index in [1.165, 1.54) is 12.8 Å². The molecule has 0 radical (unpaired) electrons. The first kappa shape index (κ1) is 27.1. The minimum atomic E-state index is -0.429. The van der Waals surface area contributed by atoms with Crippen molar-refractivity contribution in [3.8, 4) is 0 Å². The Labute approximate surface area is 237 Å². The normalized spacial score (nSPS) is 15.6. The van der Waals surface area contributed by atoms with Crippen molar-refractivity contribution >= 4 is 64.1 Å². The number of ketones is 1. The number of benzene rings is 2. The Morgan fingerprint density at radius 2 is 1.28 bits per heavy atom. The van der Waals surface area contributed by atoms with E-state index in [4.69, 9.17) is 38.2 Å². The highest BCUT2D eigenvalue weighted by Crippen LogP contribution is 2.26. The molecular weight excluding hydrogens is 537 g/mol. The summed E-state index contributed by atoms with van der Waals surface area (Å²) in [5.41, 5.74) is 1.66. The number of aromatic nitrogens is 3. The number of carbonyl (C=O) groups is 2. The van der Waals surface area contributed by atoms with E-state index in [2.05, 4.69) is 20.4 Å². The number of hydrogen-bond acceptors (Lipinski definition) is 8. The standard InChI is InChI=1S/C28H31Cl2N7O2/c29-22-12-11-21(17-23(22)30)31-25(39)18-24(38)19-7-9-20(10-8-19)32-26-33-27(36-13-3-1-4-14-36)35-28(34-26)37-15-5-2-6-16-37/h7-12,17H,1-6,13-16,18H2,(H,31,39)(H,32,33,34,35). The van der Waals surface area contributed by atoms with Gasteiger partial charge in [0.25, 0.3) is 0 Å². The molecule has 0 spiro atoms. The zero-order valence-electron chi connectivity index (χ0n) is 21.6. The van der Waals surface area contributed by atoms with Crippen LogP contribution in [0.25, 0.3) is 0 Å². The van der Waals surface area contributed by atoms with Gasteiger partial charge in [-0.2, -0.15) is 15.0 Å². The van der Waals surface area contributed by atoms with Crippen LogP contribution in [0.1, 0.15) is 55.3 Å². The second kappa shape index (κ2) is 12.6. The van der Waals surface area contributed by atoms with Gasteiger partial charge < -0.3 is 20.4 Å². The van der Waals surface area contributed by atoms with Crippen molar-refractivity contribution in [2.45, 2.75) is 44.9 Å². The van der Waals surface area contributed by atoms with Crippen molar-refractivity contribution in [3.05, 3.63) is 58.1 Å². The molecule has 3 aromatic rings. The molecule has 9 nitrogen and oxygen atoms in total. The van der Waals surface area contributed by atoms with Crippen LogP contribution in [0.5, 0.6) is 0 Å². The Balaban J connectivity index is 1.26. The topological polar surface area (TPSA) is 103 Å². The van der Waals surface area contributed by atoms with E-state index in [1.807, 2.05) is 0 Å². The second-order valence-corrected chi connectivity index (χ2v) is 10.6. The lowest BCUT2D eigenvalue weighted by molar-refractivity contribution is -0.115. The van der Waals surface area contributed by atoms with Gasteiger partial charge in [-0.25, -0.2) is 0 Å². The first-order valence-corrected chi connectivity index (χ1v) is 14.1. The smallest absolute Gasteiger partial charge is 0.233 e. The zero-order valence-corrected chi connectivity index (χ0v) is 23.1. The number of carbonyl (C=O) groups excluding carboxylic acids is 2. The molecule has 39 heavy (non-hydrogen) atoms. The van der Waals surface area contributed by atoms with Crippen LogP contribution in [0, 0.1) is 0 Å². The molecule has 0 bridgehead atoms. The Bertz CT molecular complexity index is 1290. The molecule has 1 amide bonds. The molecule has 11 heteroatoms. The van der Waals surface area contributed by atoms with Crippen LogP contribution in [-0.4, -0.2) is 52.8 Å². The van der Waals surface area contributed by atoms with Crippen LogP contribution < -0.4 is 20.4 Å². The van der Waals surface area contributed by atoms with Gasteiger partial charge >= 0.3 is 0 Å². The minimum absolute atomic E-state index is 0.293. The largest absolute Gasteiger partial charge is 0.341 e. The Morgan fingerprint density at radius 3 is 1.85 bits per heavy atom. The van der Waals surface area contributed by atoms with Crippen molar-refractivity contribution in [2.75, 3.05) is 46.6 Å². The number of rotatable bonds is 8. The van der Waals surface area contributed by atoms with Gasteiger partial charge in [-0.05, 0) is 81.0 Å². The quantitative estimate of drug-likeness (QED) is 0.248. The number of anilines is 5. The maximum absolute atomic E-state index is 12.7. The fourth-order valence-electron chi connectivity index (χ4n) is 4.78. The predicted octanol–water partition coefficient (Wildman–Crippen LogP) is 6.11. The SMILES string of the molecule is O=C(CC(=O)c1ccc(Nc2nc(N3CCCCC3)nc(N3CCCCC3)n2)cc1)Nc1ccc(Cl)c(Cl)c1. The van der Waals surface area contributed by atoms with Crippen LogP contribution in [0.4, 0.5) is 29.2 Å². The first-order chi connectivity index (χ1) is 18.9. The zero-order chi connectivity index (χ0) is 27.2. The highest BCUT2D eigenvalue weighted by Gasteiger charge is 2.20. The van der Waals surface area contributed by atoms with Crippen molar-refractivity contribution < 1.29 is 9.59 Å². The summed E-state index contributed by atoms with van der Waals surface area (Å²) in [5, 5.41) is 6.67. The molecule has 2 aliphatic rings. The van der Waals surface area contributed by atoms with Crippen LogP contribution in [0.3, 0.4) is 0 Å². The van der Waals surface area contributed by atoms with Crippen LogP contribution >= 0.6 is 23.2 Å². The summed E-state index contributed by atoms with van der Waals surface area (Å²) in [4.78, 5) is 43.8. The van der Waals surface area contributed by atoms with E-state index >= 15 is 0 Å². The second-order valence-electron chi connectivity index (χ2n) is 9.83. The summed E-state index contributed by atoms with van der Waals surface area (Å²) in [6.07, 6.45) is 6.70. The predicted molar refractivity (Wildman–Crippen MR) is 156 cm³/mol. The molecule has 1 aromatic heterocycles. The van der Waals surface area contributed by atoms with Gasteiger partial charge in [0.15, 0.2) is 5.78 Å². The van der Waals surface area contributed by atoms with Gasteiger partial charge in [0.05, 0.1) is 16.5 Å². The maximum Gasteiger partial charge on any atom is 0.233 e. The van der Waals surface area contributed by atoms with Crippen molar-refractivity contribution in [2.24, 2.45) is 0 Å². The van der Waals surface area contributed by atoms with Crippen LogP contribution in [0.2, 0.25) is 10.0 Å². The number of hydrogen-bond donors (Lipinski definition) is 2. The van der Waals surface area contributed by atoms with Gasteiger partial charge in [0, 0.05) is 43.1 Å².